The Bertz CT molecular complexity index is 1030. The van der Waals surface area contributed by atoms with Crippen molar-refractivity contribution in [3.05, 3.63) is 65.4 Å². The summed E-state index contributed by atoms with van der Waals surface area (Å²) in [6.45, 7) is 0. The number of carbonyl (C=O) groups is 3. The molecule has 1 amide bonds. The fourth-order valence-electron chi connectivity index (χ4n) is 3.38. The summed E-state index contributed by atoms with van der Waals surface area (Å²) in [4.78, 5) is 38.2. The van der Waals surface area contributed by atoms with Crippen LogP contribution in [0.2, 0.25) is 0 Å². The van der Waals surface area contributed by atoms with E-state index < -0.39 is 23.4 Å². The van der Waals surface area contributed by atoms with Gasteiger partial charge >= 0.3 is 11.9 Å². The fourth-order valence-corrected chi connectivity index (χ4v) is 3.38. The SMILES string of the molecule is COC(=O)C1=C(Nc2ccc(OC)cc2)C(=O)OC12C(=O)Nc1ccccc12. The van der Waals surface area contributed by atoms with E-state index in [1.165, 1.54) is 14.2 Å². The van der Waals surface area contributed by atoms with E-state index in [0.717, 1.165) is 0 Å². The fraction of sp³-hybridized carbons (Fsp3) is 0.150. The summed E-state index contributed by atoms with van der Waals surface area (Å²) < 4.78 is 15.5. The second-order valence-corrected chi connectivity index (χ2v) is 6.17. The smallest absolute Gasteiger partial charge is 0.357 e. The standard InChI is InChI=1S/C20H16N2O6/c1-26-12-9-7-11(8-10-12)21-16-15(17(23)27-2)20(28-18(16)24)13-5-3-4-6-14(13)22-19(20)25/h3-10,21H,1-2H3,(H,22,25). The Kier molecular flexibility index (Phi) is 4.03. The number of rotatable bonds is 4. The van der Waals surface area contributed by atoms with Crippen LogP contribution in [0.5, 0.6) is 5.75 Å². The molecule has 0 radical (unpaired) electrons. The number of hydrogen-bond donors (Lipinski definition) is 2. The van der Waals surface area contributed by atoms with Crippen LogP contribution >= 0.6 is 0 Å². The Balaban J connectivity index is 1.87. The molecule has 2 aliphatic rings. The predicted molar refractivity (Wildman–Crippen MR) is 98.5 cm³/mol. The predicted octanol–water partition coefficient (Wildman–Crippen LogP) is 1.94. The van der Waals surface area contributed by atoms with Crippen LogP contribution in [0.3, 0.4) is 0 Å². The van der Waals surface area contributed by atoms with Crippen molar-refractivity contribution in [1.29, 1.82) is 0 Å². The normalized spacial score (nSPS) is 19.9. The minimum absolute atomic E-state index is 0.149. The second kappa shape index (κ2) is 6.41. The quantitative estimate of drug-likeness (QED) is 0.782. The number of carbonyl (C=O) groups excluding carboxylic acids is 3. The molecule has 0 aliphatic carbocycles. The number of amides is 1. The summed E-state index contributed by atoms with van der Waals surface area (Å²) in [5, 5.41) is 5.54. The zero-order valence-corrected chi connectivity index (χ0v) is 15.1. The van der Waals surface area contributed by atoms with Gasteiger partial charge < -0.3 is 24.8 Å². The Morgan fingerprint density at radius 1 is 1.07 bits per heavy atom. The van der Waals surface area contributed by atoms with Gasteiger partial charge in [0.15, 0.2) is 0 Å². The third kappa shape index (κ3) is 2.42. The third-order valence-electron chi connectivity index (χ3n) is 4.68. The molecule has 0 saturated heterocycles. The number of fused-ring (bicyclic) bond motifs is 2. The lowest BCUT2D eigenvalue weighted by molar-refractivity contribution is -0.156. The largest absolute Gasteiger partial charge is 0.497 e. The first-order chi connectivity index (χ1) is 13.5. The van der Waals surface area contributed by atoms with Gasteiger partial charge in [0.2, 0.25) is 0 Å². The number of methoxy groups -OCH3 is 2. The number of ether oxygens (including phenoxy) is 3. The van der Waals surface area contributed by atoms with Crippen molar-refractivity contribution in [2.45, 2.75) is 5.60 Å². The highest BCUT2D eigenvalue weighted by molar-refractivity contribution is 6.19. The van der Waals surface area contributed by atoms with Crippen LogP contribution < -0.4 is 15.4 Å². The number of benzene rings is 2. The molecule has 1 unspecified atom stereocenters. The zero-order valence-electron chi connectivity index (χ0n) is 15.1. The van der Waals surface area contributed by atoms with Gasteiger partial charge in [-0.15, -0.1) is 0 Å². The molecule has 2 aliphatic heterocycles. The molecule has 0 saturated carbocycles. The number of anilines is 2. The highest BCUT2D eigenvalue weighted by atomic mass is 16.6. The molecular weight excluding hydrogens is 364 g/mol. The van der Waals surface area contributed by atoms with Crippen LogP contribution in [0.15, 0.2) is 59.8 Å². The summed E-state index contributed by atoms with van der Waals surface area (Å²) in [5.41, 5.74) is -0.886. The highest BCUT2D eigenvalue weighted by Gasteiger charge is 2.62. The van der Waals surface area contributed by atoms with Gasteiger partial charge in [0.1, 0.15) is 17.0 Å². The van der Waals surface area contributed by atoms with Crippen LogP contribution in [0, 0.1) is 0 Å². The van der Waals surface area contributed by atoms with E-state index in [-0.39, 0.29) is 11.3 Å². The van der Waals surface area contributed by atoms with Gasteiger partial charge in [0.25, 0.3) is 11.5 Å². The molecule has 2 N–H and O–H groups in total. The van der Waals surface area contributed by atoms with Crippen LogP contribution in [0.1, 0.15) is 5.56 Å². The van der Waals surface area contributed by atoms with Crippen LogP contribution in [0.25, 0.3) is 0 Å². The van der Waals surface area contributed by atoms with Crippen molar-refractivity contribution >= 4 is 29.2 Å². The van der Waals surface area contributed by atoms with Gasteiger partial charge in [-0.05, 0) is 30.3 Å². The maximum Gasteiger partial charge on any atom is 0.357 e. The maximum atomic E-state index is 12.8. The second-order valence-electron chi connectivity index (χ2n) is 6.17. The van der Waals surface area contributed by atoms with Crippen LogP contribution in [0.4, 0.5) is 11.4 Å². The van der Waals surface area contributed by atoms with E-state index in [4.69, 9.17) is 14.2 Å². The summed E-state index contributed by atoms with van der Waals surface area (Å²) >= 11 is 0. The molecule has 2 heterocycles. The first-order valence-electron chi connectivity index (χ1n) is 8.39. The first kappa shape index (κ1) is 17.6. The number of esters is 2. The molecule has 1 atom stereocenters. The zero-order chi connectivity index (χ0) is 19.9. The van der Waals surface area contributed by atoms with Crippen LogP contribution in [-0.4, -0.2) is 32.1 Å². The summed E-state index contributed by atoms with van der Waals surface area (Å²) in [5.74, 6) is -1.67. The topological polar surface area (TPSA) is 103 Å². The maximum absolute atomic E-state index is 12.8. The molecular formula is C20H16N2O6. The molecule has 0 aromatic heterocycles. The minimum atomic E-state index is -1.89. The molecule has 8 heteroatoms. The molecule has 142 valence electrons. The lowest BCUT2D eigenvalue weighted by Crippen LogP contribution is -2.39. The first-order valence-corrected chi connectivity index (χ1v) is 8.39. The lowest BCUT2D eigenvalue weighted by atomic mass is 9.87. The van der Waals surface area contributed by atoms with Crippen molar-refractivity contribution in [3.63, 3.8) is 0 Å². The van der Waals surface area contributed by atoms with E-state index in [9.17, 15) is 14.4 Å². The van der Waals surface area contributed by atoms with E-state index >= 15 is 0 Å². The monoisotopic (exact) mass is 380 g/mol. The van der Waals surface area contributed by atoms with Gasteiger partial charge in [-0.1, -0.05) is 18.2 Å². The molecule has 2 aromatic rings. The molecule has 2 aromatic carbocycles. The van der Waals surface area contributed by atoms with Crippen molar-refractivity contribution in [2.75, 3.05) is 24.9 Å². The lowest BCUT2D eigenvalue weighted by Gasteiger charge is -2.22. The minimum Gasteiger partial charge on any atom is -0.497 e. The van der Waals surface area contributed by atoms with Crippen molar-refractivity contribution in [1.82, 2.24) is 0 Å². The van der Waals surface area contributed by atoms with E-state index in [1.54, 1.807) is 48.5 Å². The summed E-state index contributed by atoms with van der Waals surface area (Å²) in [7, 11) is 2.71. The molecule has 1 spiro atoms. The van der Waals surface area contributed by atoms with E-state index in [2.05, 4.69) is 10.6 Å². The molecule has 8 nitrogen and oxygen atoms in total. The van der Waals surface area contributed by atoms with Crippen LogP contribution in [-0.2, 0) is 29.5 Å². The van der Waals surface area contributed by atoms with Crippen molar-refractivity contribution in [2.24, 2.45) is 0 Å². The average Bonchev–Trinajstić information content (AvgIpc) is 3.16. The Morgan fingerprint density at radius 2 is 1.79 bits per heavy atom. The molecule has 0 fully saturated rings. The van der Waals surface area contributed by atoms with Gasteiger partial charge in [0.05, 0.1) is 14.2 Å². The molecule has 4 rings (SSSR count). The van der Waals surface area contributed by atoms with E-state index in [0.29, 0.717) is 22.7 Å². The van der Waals surface area contributed by atoms with E-state index in [1.807, 2.05) is 0 Å². The third-order valence-corrected chi connectivity index (χ3v) is 4.68. The van der Waals surface area contributed by atoms with Gasteiger partial charge in [-0.25, -0.2) is 9.59 Å². The van der Waals surface area contributed by atoms with Gasteiger partial charge in [0, 0.05) is 16.9 Å². The van der Waals surface area contributed by atoms with Gasteiger partial charge in [-0.3, -0.25) is 4.79 Å². The highest BCUT2D eigenvalue weighted by Crippen LogP contribution is 2.49. The van der Waals surface area contributed by atoms with Crippen molar-refractivity contribution < 1.29 is 28.6 Å². The summed E-state index contributed by atoms with van der Waals surface area (Å²) in [6.07, 6.45) is 0. The average molecular weight is 380 g/mol. The van der Waals surface area contributed by atoms with Crippen molar-refractivity contribution in [3.8, 4) is 5.75 Å². The number of nitrogens with one attached hydrogen (secondary N) is 2. The van der Waals surface area contributed by atoms with Gasteiger partial charge in [-0.2, -0.15) is 0 Å². The Morgan fingerprint density at radius 3 is 2.46 bits per heavy atom. The Hall–Kier alpha value is -3.81. The number of hydrogen-bond acceptors (Lipinski definition) is 7. The summed E-state index contributed by atoms with van der Waals surface area (Å²) in [6, 6.07) is 13.4. The molecule has 0 bridgehead atoms. The number of para-hydroxylation sites is 1. The Labute approximate surface area is 160 Å². The molecule has 28 heavy (non-hydrogen) atoms.